The summed E-state index contributed by atoms with van der Waals surface area (Å²) in [5.41, 5.74) is 0.666. The third kappa shape index (κ3) is 7.06. The fourth-order valence-electron chi connectivity index (χ4n) is 1.81. The summed E-state index contributed by atoms with van der Waals surface area (Å²) in [6, 6.07) is 6.41. The van der Waals surface area contributed by atoms with Crippen LogP contribution in [0.1, 0.15) is 25.8 Å². The van der Waals surface area contributed by atoms with Crippen LogP contribution in [0.2, 0.25) is 0 Å². The Morgan fingerprint density at radius 3 is 2.68 bits per heavy atom. The maximum Gasteiger partial charge on any atom is 0.224 e. The van der Waals surface area contributed by atoms with Crippen LogP contribution < -0.4 is 16.0 Å². The predicted molar refractivity (Wildman–Crippen MR) is 87.4 cm³/mol. The Morgan fingerprint density at radius 2 is 2.05 bits per heavy atom. The van der Waals surface area contributed by atoms with Crippen LogP contribution in [0, 0.1) is 5.82 Å². The number of carbonyl (C=O) groups excluding carboxylic acids is 1. The molecule has 1 aromatic carbocycles. The zero-order chi connectivity index (χ0) is 16.4. The lowest BCUT2D eigenvalue weighted by Crippen LogP contribution is -2.44. The van der Waals surface area contributed by atoms with Gasteiger partial charge in [-0.05, 0) is 31.0 Å². The summed E-state index contributed by atoms with van der Waals surface area (Å²) >= 11 is 0. The van der Waals surface area contributed by atoms with Gasteiger partial charge in [0.15, 0.2) is 5.96 Å². The molecule has 0 aromatic heterocycles. The average Bonchev–Trinajstić information content (AvgIpc) is 2.50. The highest BCUT2D eigenvalue weighted by Crippen LogP contribution is 2.03. The van der Waals surface area contributed by atoms with E-state index in [9.17, 15) is 9.18 Å². The van der Waals surface area contributed by atoms with Gasteiger partial charge >= 0.3 is 0 Å². The molecule has 1 aromatic rings. The summed E-state index contributed by atoms with van der Waals surface area (Å²) in [5, 5.41) is 9.15. The van der Waals surface area contributed by atoms with Crippen LogP contribution in [0.4, 0.5) is 4.39 Å². The van der Waals surface area contributed by atoms with Crippen LogP contribution in [0.15, 0.2) is 29.3 Å². The van der Waals surface area contributed by atoms with Crippen LogP contribution in [0.25, 0.3) is 0 Å². The third-order valence-corrected chi connectivity index (χ3v) is 3.21. The molecule has 0 radical (unpaired) electrons. The third-order valence-electron chi connectivity index (χ3n) is 3.21. The van der Waals surface area contributed by atoms with Gasteiger partial charge in [-0.25, -0.2) is 4.39 Å². The zero-order valence-electron chi connectivity index (χ0n) is 13.4. The Balaban J connectivity index is 2.25. The summed E-state index contributed by atoms with van der Waals surface area (Å²) in [7, 11) is 1.71. The smallest absolute Gasteiger partial charge is 0.224 e. The maximum atomic E-state index is 13.0. The number of nitrogens with one attached hydrogen (secondary N) is 3. The van der Waals surface area contributed by atoms with Crippen molar-refractivity contribution < 1.29 is 9.18 Å². The highest BCUT2D eigenvalue weighted by molar-refractivity contribution is 5.80. The molecule has 122 valence electrons. The van der Waals surface area contributed by atoms with E-state index in [4.69, 9.17) is 0 Å². The van der Waals surface area contributed by atoms with Crippen molar-refractivity contribution in [1.82, 2.24) is 16.0 Å². The molecule has 0 aliphatic carbocycles. The average molecular weight is 308 g/mol. The summed E-state index contributed by atoms with van der Waals surface area (Å²) < 4.78 is 13.0. The van der Waals surface area contributed by atoms with Crippen molar-refractivity contribution in [2.75, 3.05) is 20.1 Å². The molecule has 5 nitrogen and oxygen atoms in total. The highest BCUT2D eigenvalue weighted by Gasteiger charge is 2.05. The summed E-state index contributed by atoms with van der Waals surface area (Å²) in [4.78, 5) is 15.9. The molecule has 0 aliphatic heterocycles. The topological polar surface area (TPSA) is 65.5 Å². The largest absolute Gasteiger partial charge is 0.355 e. The number of rotatable bonds is 7. The second-order valence-corrected chi connectivity index (χ2v) is 5.11. The molecule has 0 heterocycles. The summed E-state index contributed by atoms with van der Waals surface area (Å²) in [6.07, 6.45) is 1.18. The Kier molecular flexibility index (Phi) is 7.96. The van der Waals surface area contributed by atoms with Crippen LogP contribution in [0.5, 0.6) is 0 Å². The van der Waals surface area contributed by atoms with Gasteiger partial charge in [-0.3, -0.25) is 9.79 Å². The van der Waals surface area contributed by atoms with Gasteiger partial charge in [0.1, 0.15) is 5.82 Å². The Hall–Kier alpha value is -2.11. The number of halogens is 1. The molecule has 0 spiro atoms. The fraction of sp³-hybridized carbons (Fsp3) is 0.500. The van der Waals surface area contributed by atoms with Gasteiger partial charge in [-0.2, -0.15) is 0 Å². The Morgan fingerprint density at radius 1 is 1.32 bits per heavy atom. The van der Waals surface area contributed by atoms with E-state index in [1.165, 1.54) is 12.1 Å². The molecule has 1 atom stereocenters. The first-order chi connectivity index (χ1) is 10.5. The SMILES string of the molecule is CCC(C)NC(=NC)NCCNC(=O)Cc1cccc(F)c1. The molecular weight excluding hydrogens is 283 g/mol. The molecule has 6 heteroatoms. The zero-order valence-corrected chi connectivity index (χ0v) is 13.4. The van der Waals surface area contributed by atoms with Crippen molar-refractivity contribution in [3.05, 3.63) is 35.6 Å². The standard InChI is InChI=1S/C16H25FN4O/c1-4-12(2)21-16(18-3)20-9-8-19-15(22)11-13-6-5-7-14(17)10-13/h5-7,10,12H,4,8-9,11H2,1-3H3,(H,19,22)(H2,18,20,21). The van der Waals surface area contributed by atoms with E-state index in [1.54, 1.807) is 19.2 Å². The normalized spacial score (nSPS) is 12.6. The molecule has 0 fully saturated rings. The van der Waals surface area contributed by atoms with E-state index in [1.807, 2.05) is 0 Å². The Bertz CT molecular complexity index is 505. The fourth-order valence-corrected chi connectivity index (χ4v) is 1.81. The molecule has 3 N–H and O–H groups in total. The van der Waals surface area contributed by atoms with Gasteiger partial charge in [0.2, 0.25) is 5.91 Å². The van der Waals surface area contributed by atoms with Gasteiger partial charge in [0.25, 0.3) is 0 Å². The van der Waals surface area contributed by atoms with Gasteiger partial charge in [0, 0.05) is 26.2 Å². The van der Waals surface area contributed by atoms with E-state index >= 15 is 0 Å². The van der Waals surface area contributed by atoms with Crippen molar-refractivity contribution in [2.24, 2.45) is 4.99 Å². The minimum atomic E-state index is -0.327. The van der Waals surface area contributed by atoms with Crippen LogP contribution in [-0.2, 0) is 11.2 Å². The number of guanidine groups is 1. The molecule has 22 heavy (non-hydrogen) atoms. The number of aliphatic imine (C=N–C) groups is 1. The quantitative estimate of drug-likeness (QED) is 0.406. The molecule has 0 aliphatic rings. The predicted octanol–water partition coefficient (Wildman–Crippen LogP) is 1.45. The van der Waals surface area contributed by atoms with E-state index < -0.39 is 0 Å². The maximum absolute atomic E-state index is 13.0. The molecule has 1 rings (SSSR count). The van der Waals surface area contributed by atoms with Gasteiger partial charge in [0.05, 0.1) is 6.42 Å². The molecule has 0 saturated heterocycles. The first-order valence-electron chi connectivity index (χ1n) is 7.53. The molecular formula is C16H25FN4O. The second-order valence-electron chi connectivity index (χ2n) is 5.11. The Labute approximate surface area is 131 Å². The number of hydrogen-bond donors (Lipinski definition) is 3. The van der Waals surface area contributed by atoms with E-state index in [2.05, 4.69) is 34.8 Å². The lowest BCUT2D eigenvalue weighted by molar-refractivity contribution is -0.120. The van der Waals surface area contributed by atoms with E-state index in [0.29, 0.717) is 30.7 Å². The molecule has 0 saturated carbocycles. The first-order valence-corrected chi connectivity index (χ1v) is 7.53. The molecule has 1 amide bonds. The van der Waals surface area contributed by atoms with Crippen molar-refractivity contribution in [1.29, 1.82) is 0 Å². The molecule has 0 bridgehead atoms. The number of amides is 1. The highest BCUT2D eigenvalue weighted by atomic mass is 19.1. The second kappa shape index (κ2) is 9.76. The van der Waals surface area contributed by atoms with E-state index in [-0.39, 0.29) is 18.1 Å². The summed E-state index contributed by atoms with van der Waals surface area (Å²) in [5.74, 6) is 0.262. The number of carbonyl (C=O) groups is 1. The van der Waals surface area contributed by atoms with Crippen molar-refractivity contribution in [3.8, 4) is 0 Å². The monoisotopic (exact) mass is 308 g/mol. The first kappa shape index (κ1) is 17.9. The number of nitrogens with zero attached hydrogens (tertiary/aromatic N) is 1. The van der Waals surface area contributed by atoms with Crippen LogP contribution in [0.3, 0.4) is 0 Å². The van der Waals surface area contributed by atoms with Gasteiger partial charge < -0.3 is 16.0 Å². The van der Waals surface area contributed by atoms with Gasteiger partial charge in [-0.1, -0.05) is 19.1 Å². The minimum Gasteiger partial charge on any atom is -0.355 e. The van der Waals surface area contributed by atoms with Crippen LogP contribution in [-0.4, -0.2) is 38.0 Å². The lowest BCUT2D eigenvalue weighted by atomic mass is 10.1. The van der Waals surface area contributed by atoms with Crippen molar-refractivity contribution in [3.63, 3.8) is 0 Å². The number of hydrogen-bond acceptors (Lipinski definition) is 2. The minimum absolute atomic E-state index is 0.128. The summed E-state index contributed by atoms with van der Waals surface area (Å²) in [6.45, 7) is 5.23. The van der Waals surface area contributed by atoms with Gasteiger partial charge in [-0.15, -0.1) is 0 Å². The lowest BCUT2D eigenvalue weighted by Gasteiger charge is -2.16. The number of benzene rings is 1. The van der Waals surface area contributed by atoms with E-state index in [0.717, 1.165) is 6.42 Å². The molecule has 1 unspecified atom stereocenters. The van der Waals surface area contributed by atoms with Crippen molar-refractivity contribution in [2.45, 2.75) is 32.7 Å². The van der Waals surface area contributed by atoms with Crippen LogP contribution >= 0.6 is 0 Å². The van der Waals surface area contributed by atoms with Crippen molar-refractivity contribution >= 4 is 11.9 Å².